The van der Waals surface area contributed by atoms with Gasteiger partial charge in [0.2, 0.25) is 5.28 Å². The Bertz CT molecular complexity index is 525. The summed E-state index contributed by atoms with van der Waals surface area (Å²) in [5.74, 6) is -0.0136. The van der Waals surface area contributed by atoms with Crippen LogP contribution < -0.4 is 5.32 Å². The van der Waals surface area contributed by atoms with E-state index in [0.29, 0.717) is 5.56 Å². The summed E-state index contributed by atoms with van der Waals surface area (Å²) in [4.78, 5) is 19.3. The fourth-order valence-corrected chi connectivity index (χ4v) is 1.64. The van der Waals surface area contributed by atoms with Crippen LogP contribution in [0.15, 0.2) is 36.4 Å². The third-order valence-electron chi connectivity index (χ3n) is 1.95. The molecule has 1 aromatic carbocycles. The second kappa shape index (κ2) is 5.12. The monoisotopic (exact) mass is 267 g/mol. The predicted octanol–water partition coefficient (Wildman–Crippen LogP) is 3.04. The van der Waals surface area contributed by atoms with E-state index in [0.717, 1.165) is 0 Å². The Hall–Kier alpha value is -1.65. The van der Waals surface area contributed by atoms with E-state index in [9.17, 15) is 4.79 Å². The van der Waals surface area contributed by atoms with Crippen LogP contribution in [0.2, 0.25) is 10.4 Å². The van der Waals surface area contributed by atoms with Crippen molar-refractivity contribution in [1.82, 2.24) is 9.97 Å². The molecule has 1 aromatic heterocycles. The number of hydrogen-bond donors (Lipinski definition) is 1. The number of anilines is 1. The van der Waals surface area contributed by atoms with E-state index in [-0.39, 0.29) is 22.2 Å². The van der Waals surface area contributed by atoms with Crippen LogP contribution in [0.5, 0.6) is 0 Å². The number of carbonyl (C=O) groups is 1. The molecule has 2 rings (SSSR count). The SMILES string of the molecule is O=C(Nc1cc(Cl)nc(Cl)n1)c1ccccc1. The lowest BCUT2D eigenvalue weighted by atomic mass is 10.2. The number of benzene rings is 1. The molecule has 0 aliphatic heterocycles. The largest absolute Gasteiger partial charge is 0.306 e. The molecule has 1 N–H and O–H groups in total. The highest BCUT2D eigenvalue weighted by Gasteiger charge is 2.07. The molecule has 0 saturated carbocycles. The van der Waals surface area contributed by atoms with E-state index in [1.807, 2.05) is 6.07 Å². The topological polar surface area (TPSA) is 54.9 Å². The molecule has 0 radical (unpaired) electrons. The maximum atomic E-state index is 11.8. The Balaban J connectivity index is 2.19. The normalized spacial score (nSPS) is 10.0. The second-order valence-corrected chi connectivity index (χ2v) is 3.89. The lowest BCUT2D eigenvalue weighted by Crippen LogP contribution is -2.13. The summed E-state index contributed by atoms with van der Waals surface area (Å²) in [7, 11) is 0. The molecule has 0 bridgehead atoms. The summed E-state index contributed by atoms with van der Waals surface area (Å²) >= 11 is 11.3. The summed E-state index contributed by atoms with van der Waals surface area (Å²) < 4.78 is 0. The van der Waals surface area contributed by atoms with Crippen molar-refractivity contribution < 1.29 is 4.79 Å². The Morgan fingerprint density at radius 1 is 1.12 bits per heavy atom. The summed E-state index contributed by atoms with van der Waals surface area (Å²) in [6.45, 7) is 0. The highest BCUT2D eigenvalue weighted by atomic mass is 35.5. The quantitative estimate of drug-likeness (QED) is 0.672. The lowest BCUT2D eigenvalue weighted by molar-refractivity contribution is 0.102. The van der Waals surface area contributed by atoms with Crippen LogP contribution in [0.1, 0.15) is 10.4 Å². The smallest absolute Gasteiger partial charge is 0.256 e. The van der Waals surface area contributed by atoms with E-state index in [1.54, 1.807) is 24.3 Å². The minimum Gasteiger partial charge on any atom is -0.306 e. The van der Waals surface area contributed by atoms with Gasteiger partial charge in [-0.2, -0.15) is 0 Å². The molecule has 4 nitrogen and oxygen atoms in total. The van der Waals surface area contributed by atoms with Gasteiger partial charge in [0.05, 0.1) is 0 Å². The van der Waals surface area contributed by atoms with Crippen molar-refractivity contribution in [2.45, 2.75) is 0 Å². The van der Waals surface area contributed by atoms with Crippen LogP contribution in [0, 0.1) is 0 Å². The first-order valence-electron chi connectivity index (χ1n) is 4.71. The number of nitrogens with zero attached hydrogens (tertiary/aromatic N) is 2. The second-order valence-electron chi connectivity index (χ2n) is 3.17. The molecule has 1 amide bonds. The van der Waals surface area contributed by atoms with Gasteiger partial charge < -0.3 is 5.32 Å². The molecule has 0 spiro atoms. The molecule has 0 atom stereocenters. The Labute approximate surface area is 108 Å². The maximum absolute atomic E-state index is 11.8. The van der Waals surface area contributed by atoms with Gasteiger partial charge in [0, 0.05) is 11.6 Å². The molecule has 0 saturated heterocycles. The molecule has 1 heterocycles. The lowest BCUT2D eigenvalue weighted by Gasteiger charge is -2.04. The fourth-order valence-electron chi connectivity index (χ4n) is 1.23. The first-order valence-corrected chi connectivity index (χ1v) is 5.47. The third kappa shape index (κ3) is 3.15. The first kappa shape index (κ1) is 11.8. The molecule has 2 aromatic rings. The zero-order valence-electron chi connectivity index (χ0n) is 8.52. The van der Waals surface area contributed by atoms with Crippen LogP contribution in [-0.4, -0.2) is 15.9 Å². The zero-order valence-corrected chi connectivity index (χ0v) is 10.0. The van der Waals surface area contributed by atoms with Crippen molar-refractivity contribution in [3.05, 3.63) is 52.4 Å². The highest BCUT2D eigenvalue weighted by Crippen LogP contribution is 2.15. The minimum atomic E-state index is -0.281. The van der Waals surface area contributed by atoms with Gasteiger partial charge in [-0.15, -0.1) is 0 Å². The van der Waals surface area contributed by atoms with Gasteiger partial charge in [-0.25, -0.2) is 9.97 Å². The molecule has 17 heavy (non-hydrogen) atoms. The van der Waals surface area contributed by atoms with E-state index in [4.69, 9.17) is 23.2 Å². The number of aromatic nitrogens is 2. The van der Waals surface area contributed by atoms with Gasteiger partial charge in [0.1, 0.15) is 11.0 Å². The highest BCUT2D eigenvalue weighted by molar-refractivity contribution is 6.32. The number of rotatable bonds is 2. The molecule has 6 heteroatoms. The maximum Gasteiger partial charge on any atom is 0.256 e. The number of nitrogens with one attached hydrogen (secondary N) is 1. The standard InChI is InChI=1S/C11H7Cl2N3O/c12-8-6-9(16-11(13)14-8)15-10(17)7-4-2-1-3-5-7/h1-6H,(H,14,15,16,17). The van der Waals surface area contributed by atoms with Crippen LogP contribution in [0.4, 0.5) is 5.82 Å². The van der Waals surface area contributed by atoms with Gasteiger partial charge >= 0.3 is 0 Å². The molecular weight excluding hydrogens is 261 g/mol. The van der Waals surface area contributed by atoms with Crippen LogP contribution >= 0.6 is 23.2 Å². The van der Waals surface area contributed by atoms with Crippen molar-refractivity contribution in [3.63, 3.8) is 0 Å². The molecule has 86 valence electrons. The van der Waals surface area contributed by atoms with Gasteiger partial charge in [0.25, 0.3) is 5.91 Å². The number of carbonyl (C=O) groups excluding carboxylic acids is 1. The summed E-state index contributed by atoms with van der Waals surface area (Å²) in [5, 5.41) is 2.74. The number of hydrogen-bond acceptors (Lipinski definition) is 3. The molecule has 0 fully saturated rings. The average Bonchev–Trinajstić information content (AvgIpc) is 2.28. The van der Waals surface area contributed by atoms with Crippen molar-refractivity contribution in [1.29, 1.82) is 0 Å². The molecule has 0 unspecified atom stereocenters. The van der Waals surface area contributed by atoms with Crippen LogP contribution in [0.25, 0.3) is 0 Å². The number of halogens is 2. The van der Waals surface area contributed by atoms with E-state index in [2.05, 4.69) is 15.3 Å². The van der Waals surface area contributed by atoms with E-state index < -0.39 is 0 Å². The van der Waals surface area contributed by atoms with Gasteiger partial charge in [0.15, 0.2) is 0 Å². The predicted molar refractivity (Wildman–Crippen MR) is 66.4 cm³/mol. The van der Waals surface area contributed by atoms with E-state index >= 15 is 0 Å². The Morgan fingerprint density at radius 3 is 2.47 bits per heavy atom. The molecule has 0 aliphatic carbocycles. The zero-order chi connectivity index (χ0) is 12.3. The van der Waals surface area contributed by atoms with Crippen LogP contribution in [0.3, 0.4) is 0 Å². The molecule has 0 aliphatic rings. The summed E-state index contributed by atoms with van der Waals surface area (Å²) in [6.07, 6.45) is 0. The average molecular weight is 268 g/mol. The van der Waals surface area contributed by atoms with Crippen molar-refractivity contribution in [2.24, 2.45) is 0 Å². The van der Waals surface area contributed by atoms with Crippen molar-refractivity contribution >= 4 is 34.9 Å². The summed E-state index contributed by atoms with van der Waals surface area (Å²) in [5.41, 5.74) is 0.526. The van der Waals surface area contributed by atoms with Crippen LogP contribution in [-0.2, 0) is 0 Å². The third-order valence-corrected chi connectivity index (χ3v) is 2.31. The first-order chi connectivity index (χ1) is 8.15. The van der Waals surface area contributed by atoms with E-state index in [1.165, 1.54) is 6.07 Å². The van der Waals surface area contributed by atoms with Gasteiger partial charge in [-0.3, -0.25) is 4.79 Å². The number of amides is 1. The van der Waals surface area contributed by atoms with Crippen molar-refractivity contribution in [2.75, 3.05) is 5.32 Å². The van der Waals surface area contributed by atoms with Gasteiger partial charge in [-0.05, 0) is 23.7 Å². The Morgan fingerprint density at radius 2 is 1.82 bits per heavy atom. The van der Waals surface area contributed by atoms with Crippen molar-refractivity contribution in [3.8, 4) is 0 Å². The van der Waals surface area contributed by atoms with Gasteiger partial charge in [-0.1, -0.05) is 29.8 Å². The fraction of sp³-hybridized carbons (Fsp3) is 0. The Kier molecular flexibility index (Phi) is 3.56. The minimum absolute atomic E-state index is 0.0131. The summed E-state index contributed by atoms with van der Waals surface area (Å²) in [6, 6.07) is 10.2. The molecular formula is C11H7Cl2N3O.